The lowest BCUT2D eigenvalue weighted by molar-refractivity contribution is 0.102. The molecule has 0 spiro atoms. The monoisotopic (exact) mass is 290 g/mol. The molecule has 0 saturated heterocycles. The van der Waals surface area contributed by atoms with E-state index in [1.54, 1.807) is 24.5 Å². The van der Waals surface area contributed by atoms with Crippen LogP contribution in [-0.2, 0) is 0 Å². The quantitative estimate of drug-likeness (QED) is 0.921. The third-order valence-corrected chi connectivity index (χ3v) is 2.93. The summed E-state index contributed by atoms with van der Waals surface area (Å²) >= 11 is 3.33. The zero-order valence-electron chi connectivity index (χ0n) is 9.27. The van der Waals surface area contributed by atoms with Crippen molar-refractivity contribution < 1.29 is 4.79 Å². The van der Waals surface area contributed by atoms with Gasteiger partial charge in [0.15, 0.2) is 0 Å². The number of halogens is 1. The summed E-state index contributed by atoms with van der Waals surface area (Å²) in [6, 6.07) is 9.21. The van der Waals surface area contributed by atoms with Crippen LogP contribution in [0.15, 0.2) is 47.2 Å². The van der Waals surface area contributed by atoms with Gasteiger partial charge in [-0.05, 0) is 41.1 Å². The van der Waals surface area contributed by atoms with Gasteiger partial charge in [0, 0.05) is 18.0 Å². The van der Waals surface area contributed by atoms with E-state index in [9.17, 15) is 4.79 Å². The topological polar surface area (TPSA) is 42.0 Å². The van der Waals surface area contributed by atoms with Crippen LogP contribution in [0.5, 0.6) is 0 Å². The summed E-state index contributed by atoms with van der Waals surface area (Å²) in [4.78, 5) is 15.9. The molecule has 0 aliphatic heterocycles. The van der Waals surface area contributed by atoms with Gasteiger partial charge in [-0.15, -0.1) is 0 Å². The molecule has 1 aromatic carbocycles. The number of carbonyl (C=O) groups excluding carboxylic acids is 1. The molecule has 2 aromatic rings. The highest BCUT2D eigenvalue weighted by Crippen LogP contribution is 2.20. The smallest absolute Gasteiger partial charge is 0.255 e. The number of nitrogens with one attached hydrogen (secondary N) is 1. The molecule has 1 amide bonds. The van der Waals surface area contributed by atoms with E-state index in [0.717, 1.165) is 10.0 Å². The SMILES string of the molecule is Cc1cccc(C(=O)Nc2ccncc2Br)c1. The molecule has 4 heteroatoms. The van der Waals surface area contributed by atoms with Crippen molar-refractivity contribution in [2.24, 2.45) is 0 Å². The first-order chi connectivity index (χ1) is 8.16. The van der Waals surface area contributed by atoms with Gasteiger partial charge in [-0.3, -0.25) is 9.78 Å². The highest BCUT2D eigenvalue weighted by atomic mass is 79.9. The number of nitrogens with zero attached hydrogens (tertiary/aromatic N) is 1. The molecule has 1 heterocycles. The first-order valence-corrected chi connectivity index (χ1v) is 5.93. The van der Waals surface area contributed by atoms with Crippen LogP contribution >= 0.6 is 15.9 Å². The third kappa shape index (κ3) is 2.91. The van der Waals surface area contributed by atoms with Gasteiger partial charge in [0.25, 0.3) is 5.91 Å². The number of rotatable bonds is 2. The van der Waals surface area contributed by atoms with Crippen LogP contribution in [0.2, 0.25) is 0 Å². The van der Waals surface area contributed by atoms with E-state index in [-0.39, 0.29) is 5.91 Å². The normalized spacial score (nSPS) is 10.0. The molecular weight excluding hydrogens is 280 g/mol. The molecule has 1 N–H and O–H groups in total. The molecule has 3 nitrogen and oxygen atoms in total. The Bertz CT molecular complexity index is 555. The minimum Gasteiger partial charge on any atom is -0.321 e. The molecule has 0 fully saturated rings. The third-order valence-electron chi connectivity index (χ3n) is 2.30. The Balaban J connectivity index is 2.20. The second-order valence-corrected chi connectivity index (χ2v) is 4.53. The van der Waals surface area contributed by atoms with E-state index in [0.29, 0.717) is 11.3 Å². The number of aromatic nitrogens is 1. The zero-order chi connectivity index (χ0) is 12.3. The summed E-state index contributed by atoms with van der Waals surface area (Å²) in [5.41, 5.74) is 2.42. The molecule has 0 bridgehead atoms. The Morgan fingerprint density at radius 3 is 2.88 bits per heavy atom. The van der Waals surface area contributed by atoms with Crippen molar-refractivity contribution in [3.63, 3.8) is 0 Å². The molecule has 0 aliphatic carbocycles. The second-order valence-electron chi connectivity index (χ2n) is 3.68. The average Bonchev–Trinajstić information content (AvgIpc) is 2.32. The number of carbonyl (C=O) groups is 1. The van der Waals surface area contributed by atoms with Gasteiger partial charge in [0.1, 0.15) is 0 Å². The lowest BCUT2D eigenvalue weighted by atomic mass is 10.1. The number of aryl methyl sites for hydroxylation is 1. The average molecular weight is 291 g/mol. The molecule has 1 aromatic heterocycles. The molecule has 0 atom stereocenters. The van der Waals surface area contributed by atoms with Gasteiger partial charge in [-0.1, -0.05) is 17.7 Å². The second kappa shape index (κ2) is 5.10. The first kappa shape index (κ1) is 11.8. The summed E-state index contributed by atoms with van der Waals surface area (Å²) < 4.78 is 0.765. The standard InChI is InChI=1S/C13H11BrN2O/c1-9-3-2-4-10(7-9)13(17)16-12-5-6-15-8-11(12)14/h2-8H,1H3,(H,15,16,17). The van der Waals surface area contributed by atoms with Crippen LogP contribution in [0.25, 0.3) is 0 Å². The van der Waals surface area contributed by atoms with E-state index in [2.05, 4.69) is 26.2 Å². The Kier molecular flexibility index (Phi) is 3.54. The summed E-state index contributed by atoms with van der Waals surface area (Å²) in [7, 11) is 0. The van der Waals surface area contributed by atoms with Gasteiger partial charge in [-0.2, -0.15) is 0 Å². The summed E-state index contributed by atoms with van der Waals surface area (Å²) in [5, 5.41) is 2.83. The predicted octanol–water partition coefficient (Wildman–Crippen LogP) is 3.40. The predicted molar refractivity (Wildman–Crippen MR) is 71.1 cm³/mol. The van der Waals surface area contributed by atoms with Crippen LogP contribution in [0.1, 0.15) is 15.9 Å². The lowest BCUT2D eigenvalue weighted by Gasteiger charge is -2.07. The number of pyridine rings is 1. The van der Waals surface area contributed by atoms with E-state index < -0.39 is 0 Å². The molecule has 0 radical (unpaired) electrons. The Hall–Kier alpha value is -1.68. The van der Waals surface area contributed by atoms with Crippen LogP contribution in [0, 0.1) is 6.92 Å². The highest BCUT2D eigenvalue weighted by molar-refractivity contribution is 9.10. The van der Waals surface area contributed by atoms with E-state index in [1.807, 2.05) is 25.1 Å². The molecular formula is C13H11BrN2O. The summed E-state index contributed by atoms with van der Waals surface area (Å²) in [6.07, 6.45) is 3.28. The molecule has 0 saturated carbocycles. The van der Waals surface area contributed by atoms with Crippen molar-refractivity contribution in [1.82, 2.24) is 4.98 Å². The van der Waals surface area contributed by atoms with Gasteiger partial charge >= 0.3 is 0 Å². The Morgan fingerprint density at radius 1 is 1.35 bits per heavy atom. The van der Waals surface area contributed by atoms with Gasteiger partial charge in [0.05, 0.1) is 10.2 Å². The van der Waals surface area contributed by atoms with Crippen molar-refractivity contribution in [3.05, 3.63) is 58.3 Å². The Labute approximate surface area is 108 Å². The van der Waals surface area contributed by atoms with Crippen molar-refractivity contribution >= 4 is 27.5 Å². The van der Waals surface area contributed by atoms with E-state index >= 15 is 0 Å². The number of hydrogen-bond donors (Lipinski definition) is 1. The molecule has 0 aliphatic rings. The molecule has 86 valence electrons. The van der Waals surface area contributed by atoms with Crippen molar-refractivity contribution in [3.8, 4) is 0 Å². The highest BCUT2D eigenvalue weighted by Gasteiger charge is 2.07. The largest absolute Gasteiger partial charge is 0.321 e. The first-order valence-electron chi connectivity index (χ1n) is 5.14. The van der Waals surface area contributed by atoms with Crippen LogP contribution in [-0.4, -0.2) is 10.9 Å². The van der Waals surface area contributed by atoms with Crippen LogP contribution < -0.4 is 5.32 Å². The minimum atomic E-state index is -0.124. The number of benzene rings is 1. The maximum Gasteiger partial charge on any atom is 0.255 e. The summed E-state index contributed by atoms with van der Waals surface area (Å²) in [5.74, 6) is -0.124. The van der Waals surface area contributed by atoms with Gasteiger partial charge in [0.2, 0.25) is 0 Å². The lowest BCUT2D eigenvalue weighted by Crippen LogP contribution is -2.12. The van der Waals surface area contributed by atoms with E-state index in [4.69, 9.17) is 0 Å². The number of anilines is 1. The number of hydrogen-bond acceptors (Lipinski definition) is 2. The van der Waals surface area contributed by atoms with E-state index in [1.165, 1.54) is 0 Å². The number of amides is 1. The van der Waals surface area contributed by atoms with Crippen LogP contribution in [0.4, 0.5) is 5.69 Å². The van der Waals surface area contributed by atoms with Crippen LogP contribution in [0.3, 0.4) is 0 Å². The zero-order valence-corrected chi connectivity index (χ0v) is 10.9. The fourth-order valence-corrected chi connectivity index (χ4v) is 1.81. The Morgan fingerprint density at radius 2 is 2.18 bits per heavy atom. The maximum absolute atomic E-state index is 12.0. The van der Waals surface area contributed by atoms with Crippen molar-refractivity contribution in [2.75, 3.05) is 5.32 Å². The molecule has 0 unspecified atom stereocenters. The fraction of sp³-hybridized carbons (Fsp3) is 0.0769. The maximum atomic E-state index is 12.0. The molecule has 17 heavy (non-hydrogen) atoms. The fourth-order valence-electron chi connectivity index (χ4n) is 1.46. The van der Waals surface area contributed by atoms with Crippen molar-refractivity contribution in [1.29, 1.82) is 0 Å². The van der Waals surface area contributed by atoms with Crippen molar-refractivity contribution in [2.45, 2.75) is 6.92 Å². The van der Waals surface area contributed by atoms with Gasteiger partial charge < -0.3 is 5.32 Å². The minimum absolute atomic E-state index is 0.124. The van der Waals surface area contributed by atoms with Gasteiger partial charge in [-0.25, -0.2) is 0 Å². The molecule has 2 rings (SSSR count). The summed E-state index contributed by atoms with van der Waals surface area (Å²) in [6.45, 7) is 1.96.